The molecule has 3 aromatic heterocycles. The molecular formula is C13H8ClN3O2. The lowest BCUT2D eigenvalue weighted by atomic mass is 10.2. The van der Waals surface area contributed by atoms with Gasteiger partial charge in [-0.1, -0.05) is 17.7 Å². The van der Waals surface area contributed by atoms with E-state index in [9.17, 15) is 9.90 Å². The number of rotatable bonds is 2. The van der Waals surface area contributed by atoms with Crippen molar-refractivity contribution in [1.82, 2.24) is 14.4 Å². The molecule has 0 aliphatic carbocycles. The Kier molecular flexibility index (Phi) is 2.68. The van der Waals surface area contributed by atoms with Crippen LogP contribution < -0.4 is 0 Å². The van der Waals surface area contributed by atoms with Gasteiger partial charge in [-0.25, -0.2) is 9.78 Å². The summed E-state index contributed by atoms with van der Waals surface area (Å²) in [5, 5.41) is 9.53. The van der Waals surface area contributed by atoms with Crippen LogP contribution in [0, 0.1) is 0 Å². The highest BCUT2D eigenvalue weighted by Crippen LogP contribution is 2.26. The molecule has 0 fully saturated rings. The highest BCUT2D eigenvalue weighted by molar-refractivity contribution is 6.33. The quantitative estimate of drug-likeness (QED) is 0.779. The Hall–Kier alpha value is -2.40. The van der Waals surface area contributed by atoms with Gasteiger partial charge in [0.05, 0.1) is 5.52 Å². The molecule has 0 saturated heterocycles. The summed E-state index contributed by atoms with van der Waals surface area (Å²) in [6.07, 6.45) is 3.24. The lowest BCUT2D eigenvalue weighted by Gasteiger charge is -2.04. The zero-order chi connectivity index (χ0) is 13.4. The Balaban J connectivity index is 2.40. The molecule has 0 amide bonds. The van der Waals surface area contributed by atoms with Gasteiger partial charge in [-0.05, 0) is 24.3 Å². The molecule has 0 aliphatic heterocycles. The van der Waals surface area contributed by atoms with Gasteiger partial charge in [0.15, 0.2) is 5.15 Å². The first-order valence-corrected chi connectivity index (χ1v) is 5.87. The molecule has 3 aromatic rings. The molecule has 0 aliphatic rings. The number of nitrogens with zero attached hydrogens (tertiary/aromatic N) is 3. The van der Waals surface area contributed by atoms with Gasteiger partial charge in [0.2, 0.25) is 0 Å². The SMILES string of the molecule is O=C(O)c1cccc2c(Cl)nc(-c3ccncc3)n12. The first-order chi connectivity index (χ1) is 9.18. The number of pyridine rings is 2. The van der Waals surface area contributed by atoms with E-state index >= 15 is 0 Å². The molecule has 0 saturated carbocycles. The second-order valence-electron chi connectivity index (χ2n) is 3.90. The molecule has 0 bridgehead atoms. The van der Waals surface area contributed by atoms with Gasteiger partial charge in [-0.15, -0.1) is 0 Å². The molecule has 5 nitrogen and oxygen atoms in total. The van der Waals surface area contributed by atoms with Crippen LogP contribution in [0.4, 0.5) is 0 Å². The standard InChI is InChI=1S/C13H8ClN3O2/c14-11-9-2-1-3-10(13(18)19)17(9)12(16-11)8-4-6-15-7-5-8/h1-7H,(H,18,19). The number of carboxylic acids is 1. The van der Waals surface area contributed by atoms with E-state index in [1.54, 1.807) is 36.7 Å². The second kappa shape index (κ2) is 4.37. The Bertz CT molecular complexity index is 768. The first-order valence-electron chi connectivity index (χ1n) is 5.49. The van der Waals surface area contributed by atoms with Crippen molar-refractivity contribution < 1.29 is 9.90 Å². The van der Waals surface area contributed by atoms with E-state index in [0.717, 1.165) is 5.56 Å². The van der Waals surface area contributed by atoms with Crippen molar-refractivity contribution >= 4 is 23.1 Å². The zero-order valence-electron chi connectivity index (χ0n) is 9.62. The fraction of sp³-hybridized carbons (Fsp3) is 0. The van der Waals surface area contributed by atoms with Crippen LogP contribution in [0.1, 0.15) is 10.5 Å². The minimum Gasteiger partial charge on any atom is -0.477 e. The highest BCUT2D eigenvalue weighted by Gasteiger charge is 2.17. The molecular weight excluding hydrogens is 266 g/mol. The predicted octanol–water partition coefficient (Wildman–Crippen LogP) is 2.75. The summed E-state index contributed by atoms with van der Waals surface area (Å²) in [6, 6.07) is 8.39. The van der Waals surface area contributed by atoms with E-state index in [4.69, 9.17) is 11.6 Å². The van der Waals surface area contributed by atoms with Gasteiger partial charge in [-0.2, -0.15) is 0 Å². The van der Waals surface area contributed by atoms with Gasteiger partial charge < -0.3 is 5.11 Å². The fourth-order valence-electron chi connectivity index (χ4n) is 1.96. The number of aromatic carboxylic acids is 1. The van der Waals surface area contributed by atoms with E-state index in [2.05, 4.69) is 9.97 Å². The largest absolute Gasteiger partial charge is 0.477 e. The third-order valence-electron chi connectivity index (χ3n) is 2.77. The van der Waals surface area contributed by atoms with Gasteiger partial charge in [-0.3, -0.25) is 9.38 Å². The van der Waals surface area contributed by atoms with Gasteiger partial charge in [0, 0.05) is 18.0 Å². The lowest BCUT2D eigenvalue weighted by molar-refractivity contribution is 0.0689. The van der Waals surface area contributed by atoms with Crippen molar-refractivity contribution in [3.63, 3.8) is 0 Å². The first kappa shape index (κ1) is 11.7. The number of imidazole rings is 1. The van der Waals surface area contributed by atoms with Crippen LogP contribution in [-0.4, -0.2) is 25.4 Å². The van der Waals surface area contributed by atoms with Gasteiger partial charge in [0.1, 0.15) is 11.5 Å². The molecule has 0 spiro atoms. The van der Waals surface area contributed by atoms with Crippen molar-refractivity contribution in [1.29, 1.82) is 0 Å². The molecule has 0 radical (unpaired) electrons. The smallest absolute Gasteiger partial charge is 0.352 e. The predicted molar refractivity (Wildman–Crippen MR) is 70.4 cm³/mol. The Labute approximate surface area is 113 Å². The molecule has 94 valence electrons. The molecule has 0 aromatic carbocycles. The summed E-state index contributed by atoms with van der Waals surface area (Å²) in [5.74, 6) is -0.546. The normalized spacial score (nSPS) is 10.8. The number of aromatic nitrogens is 3. The van der Waals surface area contributed by atoms with E-state index < -0.39 is 5.97 Å². The summed E-state index contributed by atoms with van der Waals surface area (Å²) < 4.78 is 1.53. The molecule has 3 heterocycles. The monoisotopic (exact) mass is 273 g/mol. The average Bonchev–Trinajstić information content (AvgIpc) is 2.77. The number of carbonyl (C=O) groups is 1. The number of hydrogen-bond acceptors (Lipinski definition) is 3. The number of carboxylic acid groups (broad SMARTS) is 1. The third kappa shape index (κ3) is 1.84. The van der Waals surface area contributed by atoms with Crippen LogP contribution in [0.2, 0.25) is 5.15 Å². The van der Waals surface area contributed by atoms with Gasteiger partial charge in [0.25, 0.3) is 0 Å². The Morgan fingerprint density at radius 3 is 2.63 bits per heavy atom. The van der Waals surface area contributed by atoms with Crippen molar-refractivity contribution in [2.45, 2.75) is 0 Å². The minimum atomic E-state index is -1.03. The maximum atomic E-state index is 11.3. The van der Waals surface area contributed by atoms with Crippen molar-refractivity contribution in [2.75, 3.05) is 0 Å². The van der Waals surface area contributed by atoms with Crippen molar-refractivity contribution in [3.05, 3.63) is 53.6 Å². The number of hydrogen-bond donors (Lipinski definition) is 1. The van der Waals surface area contributed by atoms with E-state index in [1.165, 1.54) is 10.5 Å². The van der Waals surface area contributed by atoms with Crippen LogP contribution in [0.5, 0.6) is 0 Å². The van der Waals surface area contributed by atoms with Crippen molar-refractivity contribution in [3.8, 4) is 11.4 Å². The average molecular weight is 274 g/mol. The Morgan fingerprint density at radius 1 is 1.21 bits per heavy atom. The van der Waals surface area contributed by atoms with Crippen LogP contribution in [0.15, 0.2) is 42.7 Å². The molecule has 3 rings (SSSR count). The van der Waals surface area contributed by atoms with E-state index in [0.29, 0.717) is 11.3 Å². The zero-order valence-corrected chi connectivity index (χ0v) is 10.4. The molecule has 1 N–H and O–H groups in total. The summed E-state index contributed by atoms with van der Waals surface area (Å²) in [6.45, 7) is 0. The van der Waals surface area contributed by atoms with Crippen LogP contribution in [0.3, 0.4) is 0 Å². The summed E-state index contributed by atoms with van der Waals surface area (Å²) in [4.78, 5) is 19.5. The van der Waals surface area contributed by atoms with Gasteiger partial charge >= 0.3 is 5.97 Å². The maximum Gasteiger partial charge on any atom is 0.352 e. The summed E-state index contributed by atoms with van der Waals surface area (Å²) in [7, 11) is 0. The third-order valence-corrected chi connectivity index (χ3v) is 3.05. The van der Waals surface area contributed by atoms with E-state index in [-0.39, 0.29) is 10.8 Å². The van der Waals surface area contributed by atoms with Crippen LogP contribution in [0.25, 0.3) is 16.9 Å². The van der Waals surface area contributed by atoms with Crippen LogP contribution >= 0.6 is 11.6 Å². The van der Waals surface area contributed by atoms with Crippen molar-refractivity contribution in [2.24, 2.45) is 0 Å². The lowest BCUT2D eigenvalue weighted by Crippen LogP contribution is -2.05. The molecule has 0 unspecified atom stereocenters. The summed E-state index contributed by atoms with van der Waals surface area (Å²) >= 11 is 6.06. The number of fused-ring (bicyclic) bond motifs is 1. The molecule has 0 atom stereocenters. The molecule has 19 heavy (non-hydrogen) atoms. The Morgan fingerprint density at radius 2 is 1.95 bits per heavy atom. The molecule has 6 heteroatoms. The maximum absolute atomic E-state index is 11.3. The number of halogens is 1. The second-order valence-corrected chi connectivity index (χ2v) is 4.26. The summed E-state index contributed by atoms with van der Waals surface area (Å²) in [5.41, 5.74) is 1.43. The topological polar surface area (TPSA) is 67.5 Å². The minimum absolute atomic E-state index is 0.115. The van der Waals surface area contributed by atoms with Crippen LogP contribution in [-0.2, 0) is 0 Å². The van der Waals surface area contributed by atoms with E-state index in [1.807, 2.05) is 0 Å². The highest BCUT2D eigenvalue weighted by atomic mass is 35.5. The fourth-order valence-corrected chi connectivity index (χ4v) is 2.19.